The summed E-state index contributed by atoms with van der Waals surface area (Å²) in [5.74, 6) is -1.13. The first-order valence-corrected chi connectivity index (χ1v) is 8.87. The van der Waals surface area contributed by atoms with E-state index in [-0.39, 0.29) is 22.6 Å². The van der Waals surface area contributed by atoms with Gasteiger partial charge in [-0.3, -0.25) is 0 Å². The van der Waals surface area contributed by atoms with Crippen molar-refractivity contribution in [3.05, 3.63) is 63.9 Å². The number of benzene rings is 2. The molecule has 4 nitrogen and oxygen atoms in total. The van der Waals surface area contributed by atoms with Crippen molar-refractivity contribution in [1.29, 1.82) is 0 Å². The molecule has 0 N–H and O–H groups in total. The molecule has 0 aliphatic carbocycles. The lowest BCUT2D eigenvalue weighted by Crippen LogP contribution is -2.07. The smallest absolute Gasteiger partial charge is 0.338 e. The summed E-state index contributed by atoms with van der Waals surface area (Å²) in [4.78, 5) is 12.0. The van der Waals surface area contributed by atoms with Crippen molar-refractivity contribution in [2.45, 2.75) is 11.5 Å². The number of sulfone groups is 1. The molecule has 2 rings (SSSR count). The lowest BCUT2D eigenvalue weighted by molar-refractivity contribution is 0.0469. The summed E-state index contributed by atoms with van der Waals surface area (Å²) in [5, 5.41) is 0. The van der Waals surface area contributed by atoms with Crippen LogP contribution in [-0.2, 0) is 21.2 Å². The van der Waals surface area contributed by atoms with Gasteiger partial charge in [0, 0.05) is 16.3 Å². The van der Waals surface area contributed by atoms with Crippen LogP contribution in [0.2, 0.25) is 0 Å². The summed E-state index contributed by atoms with van der Waals surface area (Å²) in [6.45, 7) is -0.203. The van der Waals surface area contributed by atoms with Gasteiger partial charge >= 0.3 is 5.97 Å². The highest BCUT2D eigenvalue weighted by molar-refractivity contribution is 9.10. The lowest BCUT2D eigenvalue weighted by Gasteiger charge is -2.07. The molecule has 0 saturated heterocycles. The van der Waals surface area contributed by atoms with Crippen LogP contribution in [0, 0.1) is 5.82 Å². The zero-order valence-corrected chi connectivity index (χ0v) is 13.9. The number of esters is 1. The summed E-state index contributed by atoms with van der Waals surface area (Å²) in [5.41, 5.74) is 0.453. The first-order chi connectivity index (χ1) is 10.3. The van der Waals surface area contributed by atoms with Crippen molar-refractivity contribution in [2.75, 3.05) is 6.26 Å². The van der Waals surface area contributed by atoms with E-state index in [1.165, 1.54) is 36.4 Å². The van der Waals surface area contributed by atoms with Gasteiger partial charge in [0.25, 0.3) is 0 Å². The Bertz CT molecular complexity index is 801. The molecule has 0 radical (unpaired) electrons. The van der Waals surface area contributed by atoms with E-state index in [0.717, 1.165) is 6.26 Å². The van der Waals surface area contributed by atoms with Gasteiger partial charge in [-0.2, -0.15) is 0 Å². The Hall–Kier alpha value is -1.73. The summed E-state index contributed by atoms with van der Waals surface area (Å²) in [6.07, 6.45) is 1.08. The Morgan fingerprint density at radius 1 is 1.18 bits per heavy atom. The van der Waals surface area contributed by atoms with E-state index in [4.69, 9.17) is 4.74 Å². The second-order valence-electron chi connectivity index (χ2n) is 4.61. The highest BCUT2D eigenvalue weighted by Crippen LogP contribution is 2.17. The standard InChI is InChI=1S/C15H12BrFO4S/c1-22(19,20)13-6-3-10(4-7-13)15(18)21-9-11-2-5-12(16)8-14(11)17/h2-8H,9H2,1H3. The highest BCUT2D eigenvalue weighted by Gasteiger charge is 2.12. The molecule has 0 spiro atoms. The SMILES string of the molecule is CS(=O)(=O)c1ccc(C(=O)OCc2ccc(Br)cc2F)cc1. The average molecular weight is 387 g/mol. The topological polar surface area (TPSA) is 60.4 Å². The predicted octanol–water partition coefficient (Wildman–Crippen LogP) is 3.35. The van der Waals surface area contributed by atoms with E-state index < -0.39 is 21.6 Å². The van der Waals surface area contributed by atoms with Gasteiger partial charge in [-0.25, -0.2) is 17.6 Å². The fraction of sp³-hybridized carbons (Fsp3) is 0.133. The van der Waals surface area contributed by atoms with Crippen LogP contribution in [0.4, 0.5) is 4.39 Å². The Kier molecular flexibility index (Phi) is 4.97. The summed E-state index contributed by atoms with van der Waals surface area (Å²) in [7, 11) is -3.32. The molecular weight excluding hydrogens is 375 g/mol. The van der Waals surface area contributed by atoms with Gasteiger partial charge in [0.2, 0.25) is 0 Å². The van der Waals surface area contributed by atoms with Crippen LogP contribution in [0.15, 0.2) is 51.8 Å². The normalized spacial score (nSPS) is 11.2. The molecule has 116 valence electrons. The zero-order chi connectivity index (χ0) is 16.3. The van der Waals surface area contributed by atoms with Crippen LogP contribution in [-0.4, -0.2) is 20.6 Å². The first-order valence-electron chi connectivity index (χ1n) is 6.18. The summed E-state index contributed by atoms with van der Waals surface area (Å²) in [6, 6.07) is 9.81. The van der Waals surface area contributed by atoms with Gasteiger partial charge in [-0.05, 0) is 36.4 Å². The molecule has 0 fully saturated rings. The minimum atomic E-state index is -3.32. The Labute approximate surface area is 136 Å². The molecule has 0 aliphatic heterocycles. The molecule has 0 unspecified atom stereocenters. The van der Waals surface area contributed by atoms with E-state index in [0.29, 0.717) is 4.47 Å². The molecule has 0 heterocycles. The molecule has 22 heavy (non-hydrogen) atoms. The molecule has 0 bridgehead atoms. The molecule has 7 heteroatoms. The van der Waals surface area contributed by atoms with Gasteiger partial charge in [0.1, 0.15) is 12.4 Å². The Balaban J connectivity index is 2.06. The molecule has 2 aromatic carbocycles. The van der Waals surface area contributed by atoms with Crippen LogP contribution >= 0.6 is 15.9 Å². The molecular formula is C15H12BrFO4S. The van der Waals surface area contributed by atoms with Gasteiger partial charge in [-0.1, -0.05) is 22.0 Å². The molecule has 0 saturated carbocycles. The largest absolute Gasteiger partial charge is 0.457 e. The van der Waals surface area contributed by atoms with Crippen LogP contribution in [0.25, 0.3) is 0 Å². The summed E-state index contributed by atoms with van der Waals surface area (Å²) >= 11 is 3.14. The van der Waals surface area contributed by atoms with Gasteiger partial charge in [-0.15, -0.1) is 0 Å². The molecule has 2 aromatic rings. The Morgan fingerprint density at radius 3 is 2.36 bits per heavy atom. The molecule has 0 aliphatic rings. The van der Waals surface area contributed by atoms with Gasteiger partial charge < -0.3 is 4.74 Å². The number of carbonyl (C=O) groups is 1. The third kappa shape index (κ3) is 4.14. The minimum absolute atomic E-state index is 0.114. The highest BCUT2D eigenvalue weighted by atomic mass is 79.9. The van der Waals surface area contributed by atoms with Crippen LogP contribution in [0.5, 0.6) is 0 Å². The van der Waals surface area contributed by atoms with Crippen molar-refractivity contribution in [2.24, 2.45) is 0 Å². The van der Waals surface area contributed by atoms with Crippen LogP contribution in [0.3, 0.4) is 0 Å². The molecule has 0 atom stereocenters. The third-order valence-electron chi connectivity index (χ3n) is 2.89. The maximum Gasteiger partial charge on any atom is 0.338 e. The van der Waals surface area contributed by atoms with E-state index in [2.05, 4.69) is 15.9 Å². The fourth-order valence-corrected chi connectivity index (χ4v) is 2.67. The van der Waals surface area contributed by atoms with Crippen molar-refractivity contribution in [1.82, 2.24) is 0 Å². The lowest BCUT2D eigenvalue weighted by atomic mass is 10.2. The van der Waals surface area contributed by atoms with E-state index >= 15 is 0 Å². The number of rotatable bonds is 4. The molecule has 0 amide bonds. The number of carbonyl (C=O) groups excluding carboxylic acids is 1. The van der Waals surface area contributed by atoms with E-state index in [1.807, 2.05) is 0 Å². The predicted molar refractivity (Wildman–Crippen MR) is 82.8 cm³/mol. The van der Waals surface area contributed by atoms with Crippen LogP contribution < -0.4 is 0 Å². The maximum absolute atomic E-state index is 13.6. The Morgan fingerprint density at radius 2 is 1.82 bits per heavy atom. The van der Waals surface area contributed by atoms with E-state index in [9.17, 15) is 17.6 Å². The van der Waals surface area contributed by atoms with E-state index in [1.54, 1.807) is 6.07 Å². The minimum Gasteiger partial charge on any atom is -0.457 e. The van der Waals surface area contributed by atoms with Gasteiger partial charge in [0.15, 0.2) is 9.84 Å². The monoisotopic (exact) mass is 386 g/mol. The average Bonchev–Trinajstić information content (AvgIpc) is 2.45. The number of halogens is 2. The number of hydrogen-bond donors (Lipinski definition) is 0. The van der Waals surface area contributed by atoms with Crippen molar-refractivity contribution in [3.8, 4) is 0 Å². The van der Waals surface area contributed by atoms with Gasteiger partial charge in [0.05, 0.1) is 10.5 Å². The van der Waals surface area contributed by atoms with Crippen LogP contribution in [0.1, 0.15) is 15.9 Å². The van der Waals surface area contributed by atoms with Crippen molar-refractivity contribution < 1.29 is 22.3 Å². The fourth-order valence-electron chi connectivity index (χ4n) is 1.70. The third-order valence-corrected chi connectivity index (χ3v) is 4.51. The second kappa shape index (κ2) is 6.58. The van der Waals surface area contributed by atoms with Crippen molar-refractivity contribution >= 4 is 31.7 Å². The quantitative estimate of drug-likeness (QED) is 0.755. The van der Waals surface area contributed by atoms with Crippen molar-refractivity contribution in [3.63, 3.8) is 0 Å². The summed E-state index contributed by atoms with van der Waals surface area (Å²) < 4.78 is 41.9. The maximum atomic E-state index is 13.6. The molecule has 0 aromatic heterocycles. The zero-order valence-electron chi connectivity index (χ0n) is 11.5. The second-order valence-corrected chi connectivity index (χ2v) is 7.54. The number of ether oxygens (including phenoxy) is 1. The number of hydrogen-bond acceptors (Lipinski definition) is 4. The first kappa shape index (κ1) is 16.6.